The number of halogens is 6. The van der Waals surface area contributed by atoms with Crippen LogP contribution in [0.1, 0.15) is 11.1 Å². The Morgan fingerprint density at radius 1 is 0.952 bits per heavy atom. The van der Waals surface area contributed by atoms with Gasteiger partial charge < -0.3 is 5.32 Å². The van der Waals surface area contributed by atoms with Crippen molar-refractivity contribution >= 4 is 17.3 Å². The molecule has 0 atom stereocenters. The maximum Gasteiger partial charge on any atom is 0.419 e. The highest BCUT2D eigenvalue weighted by Gasteiger charge is 2.34. The molecule has 0 bridgehead atoms. The molecule has 0 aliphatic carbocycles. The Kier molecular flexibility index (Phi) is 4.37. The van der Waals surface area contributed by atoms with Gasteiger partial charge in [-0.15, -0.1) is 0 Å². The molecule has 2 rings (SSSR count). The predicted molar refractivity (Wildman–Crippen MR) is 70.1 cm³/mol. The molecule has 112 valence electrons. The van der Waals surface area contributed by atoms with Gasteiger partial charge in [0, 0.05) is 11.6 Å². The lowest BCUT2D eigenvalue weighted by molar-refractivity contribution is -0.140. The normalized spacial score (nSPS) is 11.5. The van der Waals surface area contributed by atoms with Crippen LogP contribution in [-0.2, 0) is 12.7 Å². The van der Waals surface area contributed by atoms with E-state index < -0.39 is 23.4 Å². The lowest BCUT2D eigenvalue weighted by atomic mass is 10.1. The molecule has 2 aromatic rings. The van der Waals surface area contributed by atoms with Crippen LogP contribution < -0.4 is 5.32 Å². The van der Waals surface area contributed by atoms with Crippen LogP contribution in [0, 0.1) is 11.6 Å². The van der Waals surface area contributed by atoms with Crippen LogP contribution in [0.15, 0.2) is 36.4 Å². The summed E-state index contributed by atoms with van der Waals surface area (Å²) in [5.41, 5.74) is -1.13. The Balaban J connectivity index is 2.19. The highest BCUT2D eigenvalue weighted by Crippen LogP contribution is 2.32. The summed E-state index contributed by atoms with van der Waals surface area (Å²) in [6.45, 7) is -0.0966. The van der Waals surface area contributed by atoms with E-state index in [1.807, 2.05) is 0 Å². The average Bonchev–Trinajstić information content (AvgIpc) is 2.40. The SMILES string of the molecule is Fc1ccc(Cl)cc1NCc1ccc(F)c(C(F)(F)F)c1. The van der Waals surface area contributed by atoms with Gasteiger partial charge in [0.1, 0.15) is 11.6 Å². The second kappa shape index (κ2) is 5.89. The fourth-order valence-corrected chi connectivity index (χ4v) is 1.90. The summed E-state index contributed by atoms with van der Waals surface area (Å²) in [6.07, 6.45) is -4.78. The van der Waals surface area contributed by atoms with Crippen LogP contribution in [0.5, 0.6) is 0 Å². The Morgan fingerprint density at radius 2 is 1.62 bits per heavy atom. The maximum absolute atomic E-state index is 13.4. The molecule has 0 saturated heterocycles. The standard InChI is InChI=1S/C14H9ClF5N/c15-9-2-4-12(17)13(6-9)21-7-8-1-3-11(16)10(5-8)14(18,19)20/h1-6,21H,7H2. The molecule has 0 fully saturated rings. The van der Waals surface area contributed by atoms with Gasteiger partial charge in [0.25, 0.3) is 0 Å². The van der Waals surface area contributed by atoms with Crippen molar-refractivity contribution in [1.82, 2.24) is 0 Å². The molecule has 2 aromatic carbocycles. The van der Waals surface area contributed by atoms with Gasteiger partial charge in [-0.05, 0) is 35.9 Å². The molecule has 0 radical (unpaired) electrons. The van der Waals surface area contributed by atoms with Crippen LogP contribution in [-0.4, -0.2) is 0 Å². The van der Waals surface area contributed by atoms with Gasteiger partial charge in [0.05, 0.1) is 11.3 Å². The van der Waals surface area contributed by atoms with Crippen molar-refractivity contribution in [2.75, 3.05) is 5.32 Å². The Hall–Kier alpha value is -1.82. The molecular formula is C14H9ClF5N. The Labute approximate surface area is 122 Å². The van der Waals surface area contributed by atoms with E-state index in [0.29, 0.717) is 6.07 Å². The Bertz CT molecular complexity index is 654. The summed E-state index contributed by atoms with van der Waals surface area (Å²) < 4.78 is 64.3. The summed E-state index contributed by atoms with van der Waals surface area (Å²) in [4.78, 5) is 0. The second-order valence-electron chi connectivity index (χ2n) is 4.29. The third kappa shape index (κ3) is 3.85. The first-order valence-electron chi connectivity index (χ1n) is 5.82. The highest BCUT2D eigenvalue weighted by molar-refractivity contribution is 6.30. The van der Waals surface area contributed by atoms with Crippen LogP contribution in [0.25, 0.3) is 0 Å². The second-order valence-corrected chi connectivity index (χ2v) is 4.73. The molecule has 0 heterocycles. The largest absolute Gasteiger partial charge is 0.419 e. The zero-order valence-electron chi connectivity index (χ0n) is 10.4. The topological polar surface area (TPSA) is 12.0 Å². The summed E-state index contributed by atoms with van der Waals surface area (Å²) in [6, 6.07) is 6.41. The minimum Gasteiger partial charge on any atom is -0.379 e. The van der Waals surface area contributed by atoms with Gasteiger partial charge in [-0.25, -0.2) is 8.78 Å². The van der Waals surface area contributed by atoms with Crippen LogP contribution >= 0.6 is 11.6 Å². The molecule has 1 N–H and O–H groups in total. The number of rotatable bonds is 3. The van der Waals surface area contributed by atoms with Crippen molar-refractivity contribution in [2.24, 2.45) is 0 Å². The van der Waals surface area contributed by atoms with Crippen molar-refractivity contribution in [3.8, 4) is 0 Å². The highest BCUT2D eigenvalue weighted by atomic mass is 35.5. The van der Waals surface area contributed by atoms with E-state index in [-0.39, 0.29) is 22.8 Å². The number of hydrogen-bond donors (Lipinski definition) is 1. The summed E-state index contributed by atoms with van der Waals surface area (Å²) in [5, 5.41) is 2.91. The number of benzene rings is 2. The molecule has 21 heavy (non-hydrogen) atoms. The monoisotopic (exact) mass is 321 g/mol. The molecule has 0 saturated carbocycles. The van der Waals surface area contributed by atoms with E-state index in [2.05, 4.69) is 5.32 Å². The van der Waals surface area contributed by atoms with Gasteiger partial charge in [-0.1, -0.05) is 17.7 Å². The first-order chi connectivity index (χ1) is 9.77. The van der Waals surface area contributed by atoms with Gasteiger partial charge in [-0.2, -0.15) is 13.2 Å². The Morgan fingerprint density at radius 3 is 2.29 bits per heavy atom. The molecule has 0 aliphatic heterocycles. The fraction of sp³-hybridized carbons (Fsp3) is 0.143. The van der Waals surface area contributed by atoms with Crippen LogP contribution in [0.2, 0.25) is 5.02 Å². The van der Waals surface area contributed by atoms with Gasteiger partial charge in [0.15, 0.2) is 0 Å². The molecule has 7 heteroatoms. The van der Waals surface area contributed by atoms with Crippen molar-refractivity contribution in [3.05, 3.63) is 64.2 Å². The smallest absolute Gasteiger partial charge is 0.379 e. The zero-order chi connectivity index (χ0) is 15.6. The number of nitrogens with one attached hydrogen (secondary N) is 1. The average molecular weight is 322 g/mol. The van der Waals surface area contributed by atoms with Crippen molar-refractivity contribution in [3.63, 3.8) is 0 Å². The summed E-state index contributed by atoms with van der Waals surface area (Å²) in [5.74, 6) is -1.93. The number of anilines is 1. The van der Waals surface area contributed by atoms with Crippen molar-refractivity contribution in [2.45, 2.75) is 12.7 Å². The van der Waals surface area contributed by atoms with E-state index in [0.717, 1.165) is 12.1 Å². The van der Waals surface area contributed by atoms with E-state index in [1.165, 1.54) is 18.2 Å². The van der Waals surface area contributed by atoms with E-state index in [9.17, 15) is 22.0 Å². The first-order valence-corrected chi connectivity index (χ1v) is 6.20. The molecule has 0 unspecified atom stereocenters. The lowest BCUT2D eigenvalue weighted by Gasteiger charge is -2.12. The number of hydrogen-bond acceptors (Lipinski definition) is 1. The fourth-order valence-electron chi connectivity index (χ4n) is 1.73. The third-order valence-corrected chi connectivity index (χ3v) is 2.98. The van der Waals surface area contributed by atoms with Crippen molar-refractivity contribution < 1.29 is 22.0 Å². The molecule has 1 nitrogen and oxygen atoms in total. The van der Waals surface area contributed by atoms with E-state index in [1.54, 1.807) is 0 Å². The van der Waals surface area contributed by atoms with Crippen LogP contribution in [0.4, 0.5) is 27.6 Å². The zero-order valence-corrected chi connectivity index (χ0v) is 11.2. The molecule has 0 amide bonds. The molecular weight excluding hydrogens is 313 g/mol. The lowest BCUT2D eigenvalue weighted by Crippen LogP contribution is -2.10. The van der Waals surface area contributed by atoms with Crippen molar-refractivity contribution in [1.29, 1.82) is 0 Å². The van der Waals surface area contributed by atoms with Gasteiger partial charge >= 0.3 is 6.18 Å². The molecule has 0 aliphatic rings. The van der Waals surface area contributed by atoms with Crippen LogP contribution in [0.3, 0.4) is 0 Å². The minimum atomic E-state index is -4.78. The summed E-state index contributed by atoms with van der Waals surface area (Å²) >= 11 is 5.70. The molecule has 0 spiro atoms. The first kappa shape index (κ1) is 15.6. The number of alkyl halides is 3. The third-order valence-electron chi connectivity index (χ3n) is 2.75. The van der Waals surface area contributed by atoms with Gasteiger partial charge in [0.2, 0.25) is 0 Å². The summed E-state index contributed by atoms with van der Waals surface area (Å²) in [7, 11) is 0. The predicted octanol–water partition coefficient (Wildman–Crippen LogP) is 5.25. The minimum absolute atomic E-state index is 0.0559. The maximum atomic E-state index is 13.4. The quantitative estimate of drug-likeness (QED) is 0.761. The van der Waals surface area contributed by atoms with E-state index >= 15 is 0 Å². The van der Waals surface area contributed by atoms with E-state index in [4.69, 9.17) is 11.6 Å². The molecule has 0 aromatic heterocycles. The van der Waals surface area contributed by atoms with Gasteiger partial charge in [-0.3, -0.25) is 0 Å².